The van der Waals surface area contributed by atoms with Gasteiger partial charge in [-0.3, -0.25) is 4.79 Å². The fraction of sp³-hybridized carbons (Fsp3) is 0.211. The van der Waals surface area contributed by atoms with Crippen LogP contribution in [0.4, 0.5) is 0 Å². The number of para-hydroxylation sites is 1. The van der Waals surface area contributed by atoms with Gasteiger partial charge in [0.2, 0.25) is 5.91 Å². The number of rotatable bonds is 6. The molecule has 3 rings (SSSR count). The Kier molecular flexibility index (Phi) is 5.09. The molecule has 1 heterocycles. The second kappa shape index (κ2) is 7.61. The van der Waals surface area contributed by atoms with E-state index in [1.807, 2.05) is 55.5 Å². The number of carbonyl (C=O) groups is 1. The lowest BCUT2D eigenvalue weighted by Crippen LogP contribution is -2.30. The molecule has 0 spiro atoms. The van der Waals surface area contributed by atoms with Gasteiger partial charge in [0.15, 0.2) is 0 Å². The van der Waals surface area contributed by atoms with Crippen LogP contribution >= 0.6 is 0 Å². The fourth-order valence-electron chi connectivity index (χ4n) is 2.67. The van der Waals surface area contributed by atoms with Gasteiger partial charge in [-0.2, -0.15) is 5.10 Å². The molecule has 0 aliphatic rings. The van der Waals surface area contributed by atoms with Gasteiger partial charge in [0.25, 0.3) is 0 Å². The topological polar surface area (TPSA) is 69.0 Å². The highest BCUT2D eigenvalue weighted by Gasteiger charge is 2.11. The smallest absolute Gasteiger partial charge is 0.242 e. The molecule has 0 saturated heterocycles. The molecule has 0 radical (unpaired) electrons. The Balaban J connectivity index is 1.68. The van der Waals surface area contributed by atoms with Crippen molar-refractivity contribution < 1.29 is 9.53 Å². The highest BCUT2D eigenvalue weighted by Crippen LogP contribution is 2.30. The molecule has 128 valence electrons. The van der Waals surface area contributed by atoms with Crippen molar-refractivity contribution in [3.63, 3.8) is 0 Å². The Labute approximate surface area is 146 Å². The van der Waals surface area contributed by atoms with Crippen LogP contribution in [-0.2, 0) is 11.3 Å². The number of ether oxygens (including phenoxy) is 1. The summed E-state index contributed by atoms with van der Waals surface area (Å²) in [5.74, 6) is 0.733. The third kappa shape index (κ3) is 4.03. The van der Waals surface area contributed by atoms with Crippen LogP contribution in [-0.4, -0.2) is 27.8 Å². The normalized spacial score (nSPS) is 11.8. The lowest BCUT2D eigenvalue weighted by atomic mass is 10.0. The minimum Gasteiger partial charge on any atom is -0.496 e. The maximum atomic E-state index is 12.0. The zero-order chi connectivity index (χ0) is 17.6. The van der Waals surface area contributed by atoms with Gasteiger partial charge in [-0.05, 0) is 24.1 Å². The zero-order valence-corrected chi connectivity index (χ0v) is 14.2. The zero-order valence-electron chi connectivity index (χ0n) is 14.2. The quantitative estimate of drug-likeness (QED) is 0.751. The second-order valence-electron chi connectivity index (χ2n) is 5.70. The van der Waals surface area contributed by atoms with Crippen LogP contribution < -0.4 is 10.1 Å². The Morgan fingerprint density at radius 2 is 1.96 bits per heavy atom. The summed E-state index contributed by atoms with van der Waals surface area (Å²) < 4.78 is 6.90. The van der Waals surface area contributed by atoms with Gasteiger partial charge in [-0.15, -0.1) is 0 Å². The van der Waals surface area contributed by atoms with Gasteiger partial charge in [0.1, 0.15) is 24.9 Å². The molecule has 0 fully saturated rings. The summed E-state index contributed by atoms with van der Waals surface area (Å²) in [6.07, 6.45) is 2.93. The van der Waals surface area contributed by atoms with Crippen molar-refractivity contribution in [2.45, 2.75) is 19.5 Å². The van der Waals surface area contributed by atoms with E-state index in [0.29, 0.717) is 0 Å². The average molecular weight is 336 g/mol. The van der Waals surface area contributed by atoms with Crippen molar-refractivity contribution in [1.29, 1.82) is 0 Å². The maximum Gasteiger partial charge on any atom is 0.242 e. The molecular weight excluding hydrogens is 316 g/mol. The van der Waals surface area contributed by atoms with Crippen molar-refractivity contribution in [1.82, 2.24) is 20.1 Å². The molecule has 1 N–H and O–H groups in total. The molecule has 3 aromatic rings. The summed E-state index contributed by atoms with van der Waals surface area (Å²) in [7, 11) is 1.67. The predicted octanol–water partition coefficient (Wildman–Crippen LogP) is 2.83. The van der Waals surface area contributed by atoms with Crippen LogP contribution in [0.5, 0.6) is 5.75 Å². The van der Waals surface area contributed by atoms with Gasteiger partial charge in [0, 0.05) is 5.56 Å². The Hall–Kier alpha value is -3.15. The Morgan fingerprint density at radius 3 is 2.64 bits per heavy atom. The first-order valence-electron chi connectivity index (χ1n) is 8.02. The molecule has 0 aliphatic carbocycles. The lowest BCUT2D eigenvalue weighted by Gasteiger charge is -2.15. The van der Waals surface area contributed by atoms with Crippen molar-refractivity contribution in [2.75, 3.05) is 7.11 Å². The van der Waals surface area contributed by atoms with Crippen LogP contribution in [0.3, 0.4) is 0 Å². The third-order valence-corrected chi connectivity index (χ3v) is 3.98. The van der Waals surface area contributed by atoms with Gasteiger partial charge in [-0.25, -0.2) is 9.67 Å². The van der Waals surface area contributed by atoms with E-state index in [1.165, 1.54) is 17.3 Å². The van der Waals surface area contributed by atoms with Gasteiger partial charge in [0.05, 0.1) is 13.2 Å². The molecule has 0 saturated carbocycles. The highest BCUT2D eigenvalue weighted by atomic mass is 16.5. The molecule has 6 nitrogen and oxygen atoms in total. The van der Waals surface area contributed by atoms with Gasteiger partial charge >= 0.3 is 0 Å². The van der Waals surface area contributed by atoms with Crippen molar-refractivity contribution in [2.24, 2.45) is 0 Å². The van der Waals surface area contributed by atoms with E-state index in [1.54, 1.807) is 7.11 Å². The number of nitrogens with zero attached hydrogens (tertiary/aromatic N) is 3. The van der Waals surface area contributed by atoms with E-state index in [0.717, 1.165) is 22.4 Å². The maximum absolute atomic E-state index is 12.0. The summed E-state index contributed by atoms with van der Waals surface area (Å²) in [4.78, 5) is 15.9. The lowest BCUT2D eigenvalue weighted by molar-refractivity contribution is -0.122. The first-order chi connectivity index (χ1) is 12.2. The molecule has 2 aromatic carbocycles. The molecule has 1 atom stereocenters. The number of aromatic nitrogens is 3. The molecule has 25 heavy (non-hydrogen) atoms. The minimum atomic E-state index is -0.105. The first kappa shape index (κ1) is 16.7. The first-order valence-corrected chi connectivity index (χ1v) is 8.02. The van der Waals surface area contributed by atoms with E-state index in [4.69, 9.17) is 4.74 Å². The summed E-state index contributed by atoms with van der Waals surface area (Å²) in [5, 5.41) is 6.89. The Morgan fingerprint density at radius 1 is 1.20 bits per heavy atom. The van der Waals surface area contributed by atoms with Crippen LogP contribution in [0.2, 0.25) is 0 Å². The number of carbonyl (C=O) groups excluding carboxylic acids is 1. The summed E-state index contributed by atoms with van der Waals surface area (Å²) >= 11 is 0. The summed E-state index contributed by atoms with van der Waals surface area (Å²) in [5.41, 5.74) is 3.15. The van der Waals surface area contributed by atoms with E-state index >= 15 is 0 Å². The van der Waals surface area contributed by atoms with Crippen LogP contribution in [0, 0.1) is 0 Å². The highest BCUT2D eigenvalue weighted by molar-refractivity contribution is 5.76. The van der Waals surface area contributed by atoms with E-state index in [-0.39, 0.29) is 18.5 Å². The number of amides is 1. The largest absolute Gasteiger partial charge is 0.496 e. The summed E-state index contributed by atoms with van der Waals surface area (Å²) in [6, 6.07) is 15.9. The Bertz CT molecular complexity index is 829. The van der Waals surface area contributed by atoms with E-state index in [2.05, 4.69) is 15.4 Å². The number of methoxy groups -OCH3 is 1. The van der Waals surface area contributed by atoms with Gasteiger partial charge in [-0.1, -0.05) is 42.5 Å². The molecular formula is C19H20N4O2. The molecule has 0 unspecified atom stereocenters. The molecule has 0 aliphatic heterocycles. The SMILES string of the molecule is COc1ccccc1-c1ccc([C@@H](C)NC(=O)Cn2cncn2)cc1. The molecule has 6 heteroatoms. The summed E-state index contributed by atoms with van der Waals surface area (Å²) in [6.45, 7) is 2.11. The number of benzene rings is 2. The van der Waals surface area contributed by atoms with Crippen molar-refractivity contribution in [3.8, 4) is 16.9 Å². The van der Waals surface area contributed by atoms with E-state index in [9.17, 15) is 4.79 Å². The molecule has 1 amide bonds. The fourth-order valence-corrected chi connectivity index (χ4v) is 2.67. The van der Waals surface area contributed by atoms with Crippen LogP contribution in [0.25, 0.3) is 11.1 Å². The molecule has 1 aromatic heterocycles. The van der Waals surface area contributed by atoms with Crippen LogP contribution in [0.15, 0.2) is 61.2 Å². The minimum absolute atomic E-state index is 0.0947. The van der Waals surface area contributed by atoms with Crippen LogP contribution in [0.1, 0.15) is 18.5 Å². The van der Waals surface area contributed by atoms with Gasteiger partial charge < -0.3 is 10.1 Å². The molecule has 0 bridgehead atoms. The van der Waals surface area contributed by atoms with Crippen molar-refractivity contribution in [3.05, 3.63) is 66.7 Å². The number of hydrogen-bond acceptors (Lipinski definition) is 4. The second-order valence-corrected chi connectivity index (χ2v) is 5.70. The van der Waals surface area contributed by atoms with Crippen molar-refractivity contribution >= 4 is 5.91 Å². The standard InChI is InChI=1S/C19H20N4O2/c1-14(22-19(24)11-23-13-20-12-21-23)15-7-9-16(10-8-15)17-5-3-4-6-18(17)25-2/h3-10,12-14H,11H2,1-2H3,(H,22,24)/t14-/m1/s1. The predicted molar refractivity (Wildman–Crippen MR) is 95.0 cm³/mol. The average Bonchev–Trinajstić information content (AvgIpc) is 3.14. The van der Waals surface area contributed by atoms with E-state index < -0.39 is 0 Å². The number of hydrogen-bond donors (Lipinski definition) is 1. The third-order valence-electron chi connectivity index (χ3n) is 3.98. The number of nitrogens with one attached hydrogen (secondary N) is 1. The monoisotopic (exact) mass is 336 g/mol.